The van der Waals surface area contributed by atoms with Crippen LogP contribution in [0.1, 0.15) is 41.3 Å². The van der Waals surface area contributed by atoms with E-state index < -0.39 is 35.5 Å². The van der Waals surface area contributed by atoms with E-state index in [1.807, 2.05) is 19.9 Å². The van der Waals surface area contributed by atoms with Gasteiger partial charge in [-0.1, -0.05) is 19.1 Å². The van der Waals surface area contributed by atoms with Crippen molar-refractivity contribution in [3.63, 3.8) is 0 Å². The number of carbonyl (C=O) groups is 3. The van der Waals surface area contributed by atoms with Crippen molar-refractivity contribution < 1.29 is 34.2 Å². The highest BCUT2D eigenvalue weighted by molar-refractivity contribution is 6.02. The van der Waals surface area contributed by atoms with E-state index in [2.05, 4.69) is 20.9 Å². The maximum absolute atomic E-state index is 13.2. The van der Waals surface area contributed by atoms with Crippen molar-refractivity contribution in [1.29, 1.82) is 0 Å². The van der Waals surface area contributed by atoms with Crippen molar-refractivity contribution >= 4 is 29.6 Å². The Balaban J connectivity index is 1.48. The maximum Gasteiger partial charge on any atom is 0.347 e. The van der Waals surface area contributed by atoms with Crippen LogP contribution in [0.2, 0.25) is 0 Å². The summed E-state index contributed by atoms with van der Waals surface area (Å²) >= 11 is 0. The van der Waals surface area contributed by atoms with Crippen LogP contribution in [0, 0.1) is 6.92 Å². The zero-order valence-corrected chi connectivity index (χ0v) is 20.2. The molecular weight excluding hydrogens is 468 g/mol. The van der Waals surface area contributed by atoms with Crippen molar-refractivity contribution in [2.45, 2.75) is 62.7 Å². The summed E-state index contributed by atoms with van der Waals surface area (Å²) in [5, 5.41) is 31.9. The number of nitrogens with two attached hydrogens (primary N) is 2. The van der Waals surface area contributed by atoms with Gasteiger partial charge in [0.15, 0.2) is 6.04 Å². The normalized spacial score (nSPS) is 30.5. The first-order valence-electron chi connectivity index (χ1n) is 12.0. The van der Waals surface area contributed by atoms with Gasteiger partial charge in [0.2, 0.25) is 11.8 Å². The van der Waals surface area contributed by atoms with Crippen LogP contribution in [-0.2, 0) is 16.0 Å². The van der Waals surface area contributed by atoms with Crippen molar-refractivity contribution in [1.82, 2.24) is 20.9 Å². The van der Waals surface area contributed by atoms with Crippen molar-refractivity contribution in [2.24, 2.45) is 11.5 Å². The molecule has 0 aromatic heterocycles. The lowest BCUT2D eigenvalue weighted by Gasteiger charge is -2.41. The highest BCUT2D eigenvalue weighted by atomic mass is 16.5. The summed E-state index contributed by atoms with van der Waals surface area (Å²) < 4.78 is 1.51. The third kappa shape index (κ3) is 3.26. The zero-order valence-electron chi connectivity index (χ0n) is 20.2. The zero-order chi connectivity index (χ0) is 26.0. The predicted molar refractivity (Wildman–Crippen MR) is 126 cm³/mol. The maximum atomic E-state index is 13.2. The number of nitrogens with zero attached hydrogens (tertiary/aromatic N) is 2. The summed E-state index contributed by atoms with van der Waals surface area (Å²) in [7, 11) is 0. The molecule has 10 N–H and O–H groups in total. The summed E-state index contributed by atoms with van der Waals surface area (Å²) in [6.07, 6.45) is 1.01. The van der Waals surface area contributed by atoms with Gasteiger partial charge in [-0.15, -0.1) is 0 Å². The van der Waals surface area contributed by atoms with Crippen molar-refractivity contribution in [2.75, 3.05) is 13.1 Å². The number of likely N-dealkylation sites (tertiary alicyclic amines) is 1. The van der Waals surface area contributed by atoms with Gasteiger partial charge in [0, 0.05) is 18.4 Å². The third-order valence-electron chi connectivity index (χ3n) is 7.86. The minimum atomic E-state index is -2.55. The molecular formula is C23H32N8O5+2. The Bertz CT molecular complexity index is 1210. The number of nitrogens with one attached hydrogen (secondary N) is 4. The first-order valence-corrected chi connectivity index (χ1v) is 12.0. The van der Waals surface area contributed by atoms with E-state index in [0.29, 0.717) is 5.56 Å². The van der Waals surface area contributed by atoms with Gasteiger partial charge in [-0.2, -0.15) is 0 Å². The molecule has 4 aliphatic heterocycles. The molecule has 0 saturated carbocycles. The summed E-state index contributed by atoms with van der Waals surface area (Å²) in [4.78, 5) is 41.9. The van der Waals surface area contributed by atoms with E-state index in [9.17, 15) is 24.6 Å². The molecule has 2 fully saturated rings. The SMILES string of the molecule is CCc1cccc(C(=O)NC2C[N+]3=C(N)N[C@@H](CN4C(=O)CCC4=O)[C@@H]4[NH+]=C(N)NC43C2(O)O)c1C. The number of carbonyl (C=O) groups excluding carboxylic acids is 3. The second-order valence-corrected chi connectivity index (χ2v) is 9.77. The Kier molecular flexibility index (Phi) is 5.45. The number of hydrogen-bond acceptors (Lipinski definition) is 9. The topological polar surface area (TPSA) is 200 Å². The molecule has 1 aromatic carbocycles. The Hall–Kier alpha value is -3.71. The number of amides is 3. The van der Waals surface area contributed by atoms with Gasteiger partial charge in [0.1, 0.15) is 12.1 Å². The molecule has 2 saturated heterocycles. The van der Waals surface area contributed by atoms with Crippen LogP contribution in [0.25, 0.3) is 0 Å². The molecule has 3 amide bonds. The number of hydrogen-bond donors (Lipinski definition) is 8. The molecule has 13 heteroatoms. The largest absolute Gasteiger partial charge is 0.358 e. The lowest BCUT2D eigenvalue weighted by atomic mass is 9.85. The van der Waals surface area contributed by atoms with Gasteiger partial charge < -0.3 is 15.5 Å². The number of aryl methyl sites for hydroxylation is 1. The lowest BCUT2D eigenvalue weighted by molar-refractivity contribution is -0.674. The second-order valence-electron chi connectivity index (χ2n) is 9.77. The van der Waals surface area contributed by atoms with E-state index in [-0.39, 0.29) is 49.7 Å². The van der Waals surface area contributed by atoms with E-state index in [4.69, 9.17) is 11.5 Å². The minimum absolute atomic E-state index is 0.0448. The van der Waals surface area contributed by atoms with Crippen LogP contribution < -0.4 is 32.4 Å². The van der Waals surface area contributed by atoms with E-state index in [1.54, 1.807) is 12.1 Å². The van der Waals surface area contributed by atoms with Crippen LogP contribution in [0.3, 0.4) is 0 Å². The summed E-state index contributed by atoms with van der Waals surface area (Å²) in [6.45, 7) is 3.76. The molecule has 0 bridgehead atoms. The molecule has 13 nitrogen and oxygen atoms in total. The molecule has 36 heavy (non-hydrogen) atoms. The fourth-order valence-electron chi connectivity index (χ4n) is 5.97. The fraction of sp³-hybridized carbons (Fsp3) is 0.522. The first kappa shape index (κ1) is 24.0. The molecule has 1 spiro atoms. The molecule has 0 radical (unpaired) electrons. The molecule has 4 atom stereocenters. The molecule has 0 aliphatic carbocycles. The Morgan fingerprint density at radius 2 is 1.97 bits per heavy atom. The quantitative estimate of drug-likeness (QED) is 0.111. The van der Waals surface area contributed by atoms with Crippen LogP contribution >= 0.6 is 0 Å². The molecule has 4 heterocycles. The van der Waals surface area contributed by atoms with Crippen molar-refractivity contribution in [3.8, 4) is 0 Å². The Morgan fingerprint density at radius 1 is 1.28 bits per heavy atom. The summed E-state index contributed by atoms with van der Waals surface area (Å²) in [5.74, 6) is -3.46. The second kappa shape index (κ2) is 8.17. The summed E-state index contributed by atoms with van der Waals surface area (Å²) in [5.41, 5.74) is 13.0. The highest BCUT2D eigenvalue weighted by Crippen LogP contribution is 2.38. The molecule has 5 rings (SSSR count). The van der Waals surface area contributed by atoms with Gasteiger partial charge in [0.25, 0.3) is 17.4 Å². The van der Waals surface area contributed by atoms with Gasteiger partial charge in [-0.05, 0) is 30.5 Å². The number of rotatable bonds is 5. The number of imide groups is 1. The summed E-state index contributed by atoms with van der Waals surface area (Å²) in [6, 6.07) is 2.74. The minimum Gasteiger partial charge on any atom is -0.358 e. The molecule has 1 aromatic rings. The van der Waals surface area contributed by atoms with E-state index >= 15 is 0 Å². The number of benzene rings is 1. The van der Waals surface area contributed by atoms with Crippen LogP contribution in [0.4, 0.5) is 0 Å². The van der Waals surface area contributed by atoms with E-state index in [0.717, 1.165) is 22.4 Å². The Labute approximate surface area is 207 Å². The fourth-order valence-corrected chi connectivity index (χ4v) is 5.97. The van der Waals surface area contributed by atoms with Crippen LogP contribution in [0.15, 0.2) is 18.2 Å². The lowest BCUT2D eigenvalue weighted by Crippen LogP contribution is -2.92. The average molecular weight is 501 g/mol. The monoisotopic (exact) mass is 500 g/mol. The van der Waals surface area contributed by atoms with Crippen LogP contribution in [-0.4, -0.2) is 92.0 Å². The standard InChI is InChI=1S/C23H30N8O5/c1-3-12-5-4-6-13(11(12)2)19(34)27-15-10-31-21(25)26-14(9-30-16(32)7-8-17(30)33)18-22(31,23(15,35)36)29-20(24)28-18/h4-6,14-15,18,35-36H,3,7-10H2,1-2H3,(H6,24,25,26,27,28,29,34)/p+2/t14-,15?,18-,22?/m0/s1. The van der Waals surface area contributed by atoms with Crippen molar-refractivity contribution in [3.05, 3.63) is 34.9 Å². The predicted octanol–water partition coefficient (Wildman–Crippen LogP) is -5.14. The van der Waals surface area contributed by atoms with Crippen LogP contribution in [0.5, 0.6) is 0 Å². The average Bonchev–Trinajstić information content (AvgIpc) is 3.42. The van der Waals surface area contributed by atoms with Gasteiger partial charge in [-0.3, -0.25) is 41.1 Å². The van der Waals surface area contributed by atoms with Gasteiger partial charge >= 0.3 is 11.9 Å². The van der Waals surface area contributed by atoms with Gasteiger partial charge in [-0.25, -0.2) is 9.89 Å². The molecule has 2 unspecified atom stereocenters. The Morgan fingerprint density at radius 3 is 2.64 bits per heavy atom. The van der Waals surface area contributed by atoms with Gasteiger partial charge in [0.05, 0.1) is 13.1 Å². The highest BCUT2D eigenvalue weighted by Gasteiger charge is 2.78. The number of aliphatic hydroxyl groups is 2. The first-order chi connectivity index (χ1) is 17.0. The molecule has 4 aliphatic rings. The molecule has 192 valence electrons. The number of guanidine groups is 2. The van der Waals surface area contributed by atoms with E-state index in [1.165, 1.54) is 4.58 Å². The smallest absolute Gasteiger partial charge is 0.347 e. The third-order valence-corrected chi connectivity index (χ3v) is 7.86.